The van der Waals surface area contributed by atoms with Gasteiger partial charge in [-0.1, -0.05) is 12.2 Å². The second kappa shape index (κ2) is 1.05. The summed E-state index contributed by atoms with van der Waals surface area (Å²) < 4.78 is 0. The van der Waals surface area contributed by atoms with Gasteiger partial charge < -0.3 is 0 Å². The lowest BCUT2D eigenvalue weighted by Crippen LogP contribution is -2.05. The molecule has 5 heavy (non-hydrogen) atoms. The molecule has 0 amide bonds. The zero-order valence-corrected chi connectivity index (χ0v) is 3.72. The van der Waals surface area contributed by atoms with Gasteiger partial charge in [0.25, 0.3) is 0 Å². The van der Waals surface area contributed by atoms with Crippen molar-refractivity contribution < 1.29 is 0 Å². The highest BCUT2D eigenvalue weighted by Gasteiger charge is 2.05. The molecule has 1 aliphatic rings. The van der Waals surface area contributed by atoms with E-state index in [9.17, 15) is 0 Å². The van der Waals surface area contributed by atoms with Crippen LogP contribution in [0.25, 0.3) is 0 Å². The molecule has 0 heterocycles. The Labute approximate surface area is 37.2 Å². The SMILES string of the molecule is S=C1C[CH]C1. The largest absolute Gasteiger partial charge is 0.0897 e. The lowest BCUT2D eigenvalue weighted by molar-refractivity contribution is 1.07. The third kappa shape index (κ3) is 0.482. The smallest absolute Gasteiger partial charge is 0.00655 e. The van der Waals surface area contributed by atoms with Crippen molar-refractivity contribution in [2.45, 2.75) is 12.8 Å². The predicted octanol–water partition coefficient (Wildman–Crippen LogP) is 1.35. The van der Waals surface area contributed by atoms with Gasteiger partial charge in [-0.2, -0.15) is 0 Å². The van der Waals surface area contributed by atoms with Crippen LogP contribution in [-0.4, -0.2) is 4.86 Å². The van der Waals surface area contributed by atoms with Crippen LogP contribution in [0.3, 0.4) is 0 Å². The highest BCUT2D eigenvalue weighted by molar-refractivity contribution is 7.80. The Morgan fingerprint density at radius 3 is 2.00 bits per heavy atom. The molecule has 27 valence electrons. The normalized spacial score (nSPS) is 22.0. The molecule has 1 heteroatoms. The first-order chi connectivity index (χ1) is 2.39. The van der Waals surface area contributed by atoms with Gasteiger partial charge >= 0.3 is 0 Å². The van der Waals surface area contributed by atoms with E-state index in [1.807, 2.05) is 0 Å². The first kappa shape index (κ1) is 3.29. The van der Waals surface area contributed by atoms with Crippen molar-refractivity contribution in [3.8, 4) is 0 Å². The van der Waals surface area contributed by atoms with Gasteiger partial charge in [-0.15, -0.1) is 0 Å². The maximum atomic E-state index is 4.75. The summed E-state index contributed by atoms with van der Waals surface area (Å²) in [7, 11) is 0. The Bertz CT molecular complexity index is 50.7. The van der Waals surface area contributed by atoms with Gasteiger partial charge in [-0.3, -0.25) is 0 Å². The molecule has 0 aromatic rings. The summed E-state index contributed by atoms with van der Waals surface area (Å²) in [6, 6.07) is 0. The van der Waals surface area contributed by atoms with Crippen molar-refractivity contribution in [1.29, 1.82) is 0 Å². The fraction of sp³-hybridized carbons (Fsp3) is 0.500. The van der Waals surface area contributed by atoms with Crippen LogP contribution in [0.2, 0.25) is 0 Å². The number of hydrogen-bond acceptors (Lipinski definition) is 1. The molecule has 1 fully saturated rings. The van der Waals surface area contributed by atoms with Gasteiger partial charge in [-0.05, 0) is 24.1 Å². The summed E-state index contributed by atoms with van der Waals surface area (Å²) in [5, 5.41) is 0. The number of thiocarbonyl (C=S) groups is 1. The molecule has 0 saturated heterocycles. The monoisotopic (exact) mass is 85.0 g/mol. The van der Waals surface area contributed by atoms with Crippen LogP contribution in [0.5, 0.6) is 0 Å². The molecule has 1 radical (unpaired) electrons. The molecule has 0 aromatic carbocycles. The predicted molar refractivity (Wildman–Crippen MR) is 26.1 cm³/mol. The van der Waals surface area contributed by atoms with Gasteiger partial charge in [0.15, 0.2) is 0 Å². The van der Waals surface area contributed by atoms with E-state index in [0.717, 1.165) is 12.8 Å². The van der Waals surface area contributed by atoms with E-state index >= 15 is 0 Å². The quantitative estimate of drug-likeness (QED) is 0.400. The van der Waals surface area contributed by atoms with E-state index in [-0.39, 0.29) is 0 Å². The topological polar surface area (TPSA) is 0 Å². The van der Waals surface area contributed by atoms with Gasteiger partial charge in [-0.25, -0.2) is 0 Å². The summed E-state index contributed by atoms with van der Waals surface area (Å²) in [6.07, 6.45) is 4.37. The van der Waals surface area contributed by atoms with Crippen molar-refractivity contribution in [3.63, 3.8) is 0 Å². The van der Waals surface area contributed by atoms with E-state index < -0.39 is 0 Å². The maximum absolute atomic E-state index is 4.75. The van der Waals surface area contributed by atoms with Crippen LogP contribution in [0.4, 0.5) is 0 Å². The van der Waals surface area contributed by atoms with Crippen LogP contribution in [0, 0.1) is 6.42 Å². The molecular weight excluding hydrogens is 80.1 g/mol. The minimum absolute atomic E-state index is 1.09. The van der Waals surface area contributed by atoms with Gasteiger partial charge in [0.05, 0.1) is 0 Å². The minimum Gasteiger partial charge on any atom is -0.0897 e. The fourth-order valence-electron chi connectivity index (χ4n) is 0.262. The Morgan fingerprint density at radius 1 is 1.60 bits per heavy atom. The van der Waals surface area contributed by atoms with Crippen molar-refractivity contribution >= 4 is 17.1 Å². The van der Waals surface area contributed by atoms with Gasteiger partial charge in [0, 0.05) is 0 Å². The second-order valence-electron chi connectivity index (χ2n) is 1.24. The highest BCUT2D eigenvalue weighted by Crippen LogP contribution is 2.11. The van der Waals surface area contributed by atoms with Crippen LogP contribution in [0.1, 0.15) is 12.8 Å². The molecule has 0 aliphatic heterocycles. The van der Waals surface area contributed by atoms with Crippen LogP contribution in [0.15, 0.2) is 0 Å². The van der Waals surface area contributed by atoms with Gasteiger partial charge in [0.2, 0.25) is 0 Å². The highest BCUT2D eigenvalue weighted by atomic mass is 32.1. The molecule has 0 unspecified atom stereocenters. The lowest BCUT2D eigenvalue weighted by atomic mass is 10.0. The Hall–Kier alpha value is 0.0900. The molecule has 0 aromatic heterocycles. The fourth-order valence-corrected chi connectivity index (χ4v) is 0.498. The third-order valence-electron chi connectivity index (χ3n) is 0.744. The lowest BCUT2D eigenvalue weighted by Gasteiger charge is -2.08. The molecule has 1 aliphatic carbocycles. The zero-order chi connectivity index (χ0) is 3.70. The van der Waals surface area contributed by atoms with E-state index in [2.05, 4.69) is 6.42 Å². The number of rotatable bonds is 0. The molecule has 1 rings (SSSR count). The molecular formula is C4H5S. The first-order valence-electron chi connectivity index (χ1n) is 1.73. The van der Waals surface area contributed by atoms with Crippen molar-refractivity contribution in [2.24, 2.45) is 0 Å². The van der Waals surface area contributed by atoms with E-state index in [1.54, 1.807) is 0 Å². The second-order valence-corrected chi connectivity index (χ2v) is 1.81. The van der Waals surface area contributed by atoms with Crippen LogP contribution >= 0.6 is 12.2 Å². The van der Waals surface area contributed by atoms with Crippen LogP contribution in [-0.2, 0) is 0 Å². The van der Waals surface area contributed by atoms with E-state index in [0.29, 0.717) is 0 Å². The van der Waals surface area contributed by atoms with Crippen molar-refractivity contribution in [3.05, 3.63) is 6.42 Å². The van der Waals surface area contributed by atoms with E-state index in [1.165, 1.54) is 4.86 Å². The zero-order valence-electron chi connectivity index (χ0n) is 2.90. The Kier molecular flexibility index (Phi) is 0.692. The Morgan fingerprint density at radius 2 is 2.00 bits per heavy atom. The van der Waals surface area contributed by atoms with Crippen molar-refractivity contribution in [2.75, 3.05) is 0 Å². The summed E-state index contributed by atoms with van der Waals surface area (Å²) in [5.41, 5.74) is 0. The minimum atomic E-state index is 1.09. The van der Waals surface area contributed by atoms with E-state index in [4.69, 9.17) is 12.2 Å². The summed E-state index contributed by atoms with van der Waals surface area (Å²) in [5.74, 6) is 0. The summed E-state index contributed by atoms with van der Waals surface area (Å²) in [6.45, 7) is 0. The average Bonchev–Trinajstić information content (AvgIpc) is 1.30. The summed E-state index contributed by atoms with van der Waals surface area (Å²) >= 11 is 4.75. The van der Waals surface area contributed by atoms with Crippen molar-refractivity contribution in [1.82, 2.24) is 0 Å². The molecule has 0 atom stereocenters. The molecule has 0 spiro atoms. The molecule has 0 N–H and O–H groups in total. The molecule has 0 bridgehead atoms. The number of hydrogen-bond donors (Lipinski definition) is 0. The standard InChI is InChI=1S/C4H5S/c5-4-2-1-3-4/h1H,2-3H2. The third-order valence-corrected chi connectivity index (χ3v) is 1.08. The summed E-state index contributed by atoms with van der Waals surface area (Å²) in [4.78, 5) is 1.21. The first-order valence-corrected chi connectivity index (χ1v) is 2.14. The average molecular weight is 85.2 g/mol. The Balaban J connectivity index is 2.32. The maximum Gasteiger partial charge on any atom is -0.00655 e. The molecule has 1 saturated carbocycles. The van der Waals surface area contributed by atoms with Crippen LogP contribution < -0.4 is 0 Å². The molecule has 0 nitrogen and oxygen atoms in total. The van der Waals surface area contributed by atoms with Gasteiger partial charge in [0.1, 0.15) is 0 Å².